The van der Waals surface area contributed by atoms with Crippen LogP contribution in [0.2, 0.25) is 0 Å². The molecule has 0 spiro atoms. The summed E-state index contributed by atoms with van der Waals surface area (Å²) in [6, 6.07) is 6.42. The van der Waals surface area contributed by atoms with Crippen molar-refractivity contribution in [3.63, 3.8) is 0 Å². The minimum atomic E-state index is 0.155. The number of benzene rings is 1. The third-order valence-electron chi connectivity index (χ3n) is 3.32. The van der Waals surface area contributed by atoms with E-state index in [4.69, 9.17) is 10.9 Å². The van der Waals surface area contributed by atoms with Crippen LogP contribution in [-0.2, 0) is 0 Å². The first-order valence-electron chi connectivity index (χ1n) is 6.31. The van der Waals surface area contributed by atoms with Crippen LogP contribution in [0.15, 0.2) is 23.4 Å². The summed E-state index contributed by atoms with van der Waals surface area (Å²) >= 11 is 1.84. The Kier molecular flexibility index (Phi) is 6.02. The highest BCUT2D eigenvalue weighted by atomic mass is 32.2. The summed E-state index contributed by atoms with van der Waals surface area (Å²) in [6.07, 6.45) is 3.21. The first kappa shape index (κ1) is 15.7. The number of thioether (sulfide) groups is 1. The molecule has 0 fully saturated rings. The molecule has 0 radical (unpaired) electrons. The molecule has 0 aliphatic carbocycles. The lowest BCUT2D eigenvalue weighted by Gasteiger charge is -2.29. The molecule has 0 bridgehead atoms. The molecule has 0 saturated heterocycles. The van der Waals surface area contributed by atoms with Crippen LogP contribution in [0.3, 0.4) is 0 Å². The van der Waals surface area contributed by atoms with Gasteiger partial charge >= 0.3 is 0 Å². The van der Waals surface area contributed by atoms with Gasteiger partial charge in [0.05, 0.1) is 0 Å². The SMILES string of the molecule is CSCCC(C)N(C)c1ccc(C)cc1/C(N)=N/O. The van der Waals surface area contributed by atoms with Crippen LogP contribution < -0.4 is 10.6 Å². The summed E-state index contributed by atoms with van der Waals surface area (Å²) in [5, 5.41) is 12.0. The maximum atomic E-state index is 8.91. The Morgan fingerprint density at radius 1 is 1.53 bits per heavy atom. The molecule has 1 atom stereocenters. The highest BCUT2D eigenvalue weighted by Gasteiger charge is 2.15. The monoisotopic (exact) mass is 281 g/mol. The molecule has 106 valence electrons. The van der Waals surface area contributed by atoms with Gasteiger partial charge in [-0.1, -0.05) is 16.8 Å². The van der Waals surface area contributed by atoms with Gasteiger partial charge in [-0.3, -0.25) is 0 Å². The van der Waals surface area contributed by atoms with Crippen LogP contribution in [0, 0.1) is 6.92 Å². The number of hydrogen-bond acceptors (Lipinski definition) is 4. The topological polar surface area (TPSA) is 61.8 Å². The van der Waals surface area contributed by atoms with Gasteiger partial charge in [0.15, 0.2) is 5.84 Å². The first-order valence-corrected chi connectivity index (χ1v) is 7.71. The van der Waals surface area contributed by atoms with E-state index < -0.39 is 0 Å². The second-order valence-electron chi connectivity index (χ2n) is 4.75. The molecule has 5 heteroatoms. The van der Waals surface area contributed by atoms with E-state index in [2.05, 4.69) is 23.2 Å². The van der Waals surface area contributed by atoms with Crippen molar-refractivity contribution >= 4 is 23.3 Å². The van der Waals surface area contributed by atoms with E-state index >= 15 is 0 Å². The maximum absolute atomic E-state index is 8.91. The molecule has 0 aromatic heterocycles. The zero-order chi connectivity index (χ0) is 14.4. The van der Waals surface area contributed by atoms with Crippen LogP contribution in [0.1, 0.15) is 24.5 Å². The average molecular weight is 281 g/mol. The molecule has 0 saturated carbocycles. The molecule has 4 nitrogen and oxygen atoms in total. The van der Waals surface area contributed by atoms with Gasteiger partial charge in [0.2, 0.25) is 0 Å². The van der Waals surface area contributed by atoms with Crippen molar-refractivity contribution in [3.8, 4) is 0 Å². The average Bonchev–Trinajstić information content (AvgIpc) is 2.42. The molecule has 19 heavy (non-hydrogen) atoms. The Balaban J connectivity index is 3.05. The van der Waals surface area contributed by atoms with E-state index in [0.717, 1.165) is 29.0 Å². The molecule has 1 rings (SSSR count). The zero-order valence-corrected chi connectivity index (χ0v) is 12.9. The smallest absolute Gasteiger partial charge is 0.172 e. The number of aryl methyl sites for hydroxylation is 1. The number of nitrogens with zero attached hydrogens (tertiary/aromatic N) is 2. The number of rotatable bonds is 6. The second kappa shape index (κ2) is 7.28. The molecular formula is C14H23N3OS. The zero-order valence-electron chi connectivity index (χ0n) is 12.1. The molecule has 1 aromatic carbocycles. The number of oxime groups is 1. The minimum absolute atomic E-state index is 0.155. The normalized spacial score (nSPS) is 13.4. The van der Waals surface area contributed by atoms with Crippen molar-refractivity contribution in [2.45, 2.75) is 26.3 Å². The third-order valence-corrected chi connectivity index (χ3v) is 3.96. The van der Waals surface area contributed by atoms with Gasteiger partial charge in [0, 0.05) is 24.3 Å². The Labute approximate surface area is 119 Å². The minimum Gasteiger partial charge on any atom is -0.409 e. The standard InChI is InChI=1S/C14H23N3OS/c1-10-5-6-13(12(9-10)14(15)16-18)17(3)11(2)7-8-19-4/h5-6,9,11,18H,7-8H2,1-4H3,(H2,15,16). The Hall–Kier alpha value is -1.36. The summed E-state index contributed by atoms with van der Waals surface area (Å²) in [5.41, 5.74) is 8.64. The van der Waals surface area contributed by atoms with Gasteiger partial charge in [-0.25, -0.2) is 0 Å². The maximum Gasteiger partial charge on any atom is 0.172 e. The van der Waals surface area contributed by atoms with Crippen LogP contribution >= 0.6 is 11.8 Å². The van der Waals surface area contributed by atoms with Gasteiger partial charge in [0.25, 0.3) is 0 Å². The summed E-state index contributed by atoms with van der Waals surface area (Å²) in [6.45, 7) is 4.18. The molecule has 0 aliphatic heterocycles. The highest BCUT2D eigenvalue weighted by Crippen LogP contribution is 2.24. The largest absolute Gasteiger partial charge is 0.409 e. The highest BCUT2D eigenvalue weighted by molar-refractivity contribution is 7.98. The van der Waals surface area contributed by atoms with Gasteiger partial charge in [-0.2, -0.15) is 11.8 Å². The Morgan fingerprint density at radius 3 is 2.79 bits per heavy atom. The molecule has 0 heterocycles. The van der Waals surface area contributed by atoms with E-state index in [0.29, 0.717) is 6.04 Å². The lowest BCUT2D eigenvalue weighted by atomic mass is 10.1. The molecule has 3 N–H and O–H groups in total. The lowest BCUT2D eigenvalue weighted by Crippen LogP contribution is -2.31. The summed E-state index contributed by atoms with van der Waals surface area (Å²) in [4.78, 5) is 2.18. The van der Waals surface area contributed by atoms with Crippen LogP contribution in [-0.4, -0.2) is 36.1 Å². The van der Waals surface area contributed by atoms with Crippen molar-refractivity contribution in [2.75, 3.05) is 24.0 Å². The van der Waals surface area contributed by atoms with E-state index in [9.17, 15) is 0 Å². The van der Waals surface area contributed by atoms with Crippen LogP contribution in [0.25, 0.3) is 0 Å². The van der Waals surface area contributed by atoms with Gasteiger partial charge in [-0.05, 0) is 44.4 Å². The van der Waals surface area contributed by atoms with Crippen molar-refractivity contribution in [3.05, 3.63) is 29.3 Å². The number of hydrogen-bond donors (Lipinski definition) is 2. The summed E-state index contributed by atoms with van der Waals surface area (Å²) in [7, 11) is 2.05. The fourth-order valence-electron chi connectivity index (χ4n) is 1.94. The molecule has 0 amide bonds. The molecule has 0 aliphatic rings. The quantitative estimate of drug-likeness (QED) is 0.364. The lowest BCUT2D eigenvalue weighted by molar-refractivity contribution is 0.318. The summed E-state index contributed by atoms with van der Waals surface area (Å²) < 4.78 is 0. The molecule has 1 unspecified atom stereocenters. The van der Waals surface area contributed by atoms with Crippen molar-refractivity contribution < 1.29 is 5.21 Å². The number of amidine groups is 1. The van der Waals surface area contributed by atoms with E-state index in [1.54, 1.807) is 0 Å². The molecular weight excluding hydrogens is 258 g/mol. The summed E-state index contributed by atoms with van der Waals surface area (Å²) in [5.74, 6) is 1.28. The van der Waals surface area contributed by atoms with Crippen molar-refractivity contribution in [1.82, 2.24) is 0 Å². The van der Waals surface area contributed by atoms with Gasteiger partial charge in [0.1, 0.15) is 0 Å². The van der Waals surface area contributed by atoms with Crippen molar-refractivity contribution in [1.29, 1.82) is 0 Å². The van der Waals surface area contributed by atoms with E-state index in [1.807, 2.05) is 43.9 Å². The molecule has 1 aromatic rings. The van der Waals surface area contributed by atoms with E-state index in [-0.39, 0.29) is 5.84 Å². The predicted octanol–water partition coefficient (Wildman–Crippen LogP) is 2.67. The van der Waals surface area contributed by atoms with Crippen LogP contribution in [0.5, 0.6) is 0 Å². The van der Waals surface area contributed by atoms with E-state index in [1.165, 1.54) is 0 Å². The fraction of sp³-hybridized carbons (Fsp3) is 0.500. The number of nitrogens with two attached hydrogens (primary N) is 1. The first-order chi connectivity index (χ1) is 9.01. The van der Waals surface area contributed by atoms with Crippen molar-refractivity contribution in [2.24, 2.45) is 10.9 Å². The predicted molar refractivity (Wildman–Crippen MR) is 84.6 cm³/mol. The second-order valence-corrected chi connectivity index (χ2v) is 5.73. The Morgan fingerprint density at radius 2 is 2.21 bits per heavy atom. The Bertz CT molecular complexity index is 448. The van der Waals surface area contributed by atoms with Gasteiger partial charge < -0.3 is 15.8 Å². The third kappa shape index (κ3) is 4.06. The van der Waals surface area contributed by atoms with Crippen LogP contribution in [0.4, 0.5) is 5.69 Å². The number of anilines is 1. The van der Waals surface area contributed by atoms with Gasteiger partial charge in [-0.15, -0.1) is 0 Å². The fourth-order valence-corrected chi connectivity index (χ4v) is 2.51.